The molecular weight excluding hydrogens is 453 g/mol. The number of rotatable bonds is 5. The average Bonchev–Trinajstić information content (AvgIpc) is 3.10. The molecule has 2 N–H and O–H groups in total. The van der Waals surface area contributed by atoms with Gasteiger partial charge in [0.2, 0.25) is 0 Å². The summed E-state index contributed by atoms with van der Waals surface area (Å²) < 4.78 is 40.2. The second-order valence-electron chi connectivity index (χ2n) is 8.33. The van der Waals surface area contributed by atoms with E-state index in [1.807, 2.05) is 13.8 Å². The molecule has 0 atom stereocenters. The predicted molar refractivity (Wildman–Crippen MR) is 120 cm³/mol. The van der Waals surface area contributed by atoms with Crippen LogP contribution in [0.5, 0.6) is 0 Å². The van der Waals surface area contributed by atoms with Gasteiger partial charge in [0.05, 0.1) is 15.5 Å². The summed E-state index contributed by atoms with van der Waals surface area (Å²) in [6.07, 6.45) is 1.12. The van der Waals surface area contributed by atoms with Crippen molar-refractivity contribution in [3.8, 4) is 0 Å². The highest BCUT2D eigenvalue weighted by atomic mass is 32.2. The third-order valence-corrected chi connectivity index (χ3v) is 7.43. The Morgan fingerprint density at radius 3 is 2.38 bits per heavy atom. The Labute approximate surface area is 188 Å². The molecule has 0 radical (unpaired) electrons. The number of ketones is 1. The quantitative estimate of drug-likeness (QED) is 0.568. The highest BCUT2D eigenvalue weighted by Gasteiger charge is 2.34. The highest BCUT2D eigenvalue weighted by molar-refractivity contribution is 7.92. The lowest BCUT2D eigenvalue weighted by molar-refractivity contribution is 0.0915. The minimum atomic E-state index is -3.89. The zero-order valence-corrected chi connectivity index (χ0v) is 18.9. The van der Waals surface area contributed by atoms with Crippen LogP contribution in [0, 0.1) is 11.2 Å². The standard InChI is InChI=1S/C22H20FN3O4S2/c1-22(2)11-17-19(18(27)12-22)31-21(24-17)25-20(28)13-3-7-15(8-4-13)26-32(29,30)16-9-5-14(23)6-10-16/h3-10,26H,11-12H2,1-2H3,(H,24,25,28). The van der Waals surface area contributed by atoms with Gasteiger partial charge in [0, 0.05) is 17.7 Å². The molecule has 1 aromatic heterocycles. The maximum absolute atomic E-state index is 13.0. The van der Waals surface area contributed by atoms with Gasteiger partial charge < -0.3 is 0 Å². The molecule has 0 fully saturated rings. The van der Waals surface area contributed by atoms with E-state index < -0.39 is 21.7 Å². The molecule has 0 saturated heterocycles. The Hall–Kier alpha value is -3.11. The van der Waals surface area contributed by atoms with Gasteiger partial charge in [-0.05, 0) is 60.4 Å². The van der Waals surface area contributed by atoms with Gasteiger partial charge in [0.15, 0.2) is 10.9 Å². The number of halogens is 1. The molecule has 0 spiro atoms. The van der Waals surface area contributed by atoms with Gasteiger partial charge in [0.25, 0.3) is 15.9 Å². The zero-order valence-electron chi connectivity index (χ0n) is 17.3. The van der Waals surface area contributed by atoms with E-state index in [1.165, 1.54) is 47.7 Å². The molecule has 1 aliphatic rings. The van der Waals surface area contributed by atoms with Gasteiger partial charge in [0.1, 0.15) is 5.82 Å². The fourth-order valence-corrected chi connectivity index (χ4v) is 5.43. The van der Waals surface area contributed by atoms with Crippen LogP contribution in [0.15, 0.2) is 53.4 Å². The number of Topliss-reactive ketones (excluding diaryl/α,β-unsaturated/α-hetero) is 1. The van der Waals surface area contributed by atoms with Gasteiger partial charge in [-0.15, -0.1) is 0 Å². The fourth-order valence-electron chi connectivity index (χ4n) is 3.46. The maximum Gasteiger partial charge on any atom is 0.261 e. The topological polar surface area (TPSA) is 105 Å². The first-order valence-electron chi connectivity index (χ1n) is 9.75. The van der Waals surface area contributed by atoms with E-state index in [2.05, 4.69) is 15.0 Å². The molecule has 0 bridgehead atoms. The molecular formula is C22H20FN3O4S2. The fraction of sp³-hybridized carbons (Fsp3) is 0.227. The lowest BCUT2D eigenvalue weighted by Gasteiger charge is -2.26. The van der Waals surface area contributed by atoms with Gasteiger partial charge in [-0.2, -0.15) is 0 Å². The van der Waals surface area contributed by atoms with Gasteiger partial charge >= 0.3 is 0 Å². The van der Waals surface area contributed by atoms with Crippen molar-refractivity contribution in [3.63, 3.8) is 0 Å². The number of anilines is 2. The highest BCUT2D eigenvalue weighted by Crippen LogP contribution is 2.38. The van der Waals surface area contributed by atoms with Crippen LogP contribution in [0.2, 0.25) is 0 Å². The Morgan fingerprint density at radius 2 is 1.72 bits per heavy atom. The van der Waals surface area contributed by atoms with Crippen molar-refractivity contribution in [2.24, 2.45) is 5.41 Å². The Morgan fingerprint density at radius 1 is 1.06 bits per heavy atom. The van der Waals surface area contributed by atoms with Crippen molar-refractivity contribution in [2.75, 3.05) is 10.0 Å². The zero-order chi connectivity index (χ0) is 23.1. The minimum Gasteiger partial charge on any atom is -0.298 e. The summed E-state index contributed by atoms with van der Waals surface area (Å²) in [6, 6.07) is 10.3. The van der Waals surface area contributed by atoms with E-state index in [9.17, 15) is 22.4 Å². The molecule has 7 nitrogen and oxygen atoms in total. The van der Waals surface area contributed by atoms with Crippen LogP contribution in [0.3, 0.4) is 0 Å². The van der Waals surface area contributed by atoms with Crippen molar-refractivity contribution in [1.29, 1.82) is 0 Å². The summed E-state index contributed by atoms with van der Waals surface area (Å²) in [6.45, 7) is 4.02. The Balaban J connectivity index is 1.45. The van der Waals surface area contributed by atoms with Crippen LogP contribution >= 0.6 is 11.3 Å². The monoisotopic (exact) mass is 473 g/mol. The largest absolute Gasteiger partial charge is 0.298 e. The SMILES string of the molecule is CC1(C)CC(=O)c2sc(NC(=O)c3ccc(NS(=O)(=O)c4ccc(F)cc4)cc3)nc2C1. The van der Waals surface area contributed by atoms with E-state index in [0.717, 1.165) is 12.1 Å². The summed E-state index contributed by atoms with van der Waals surface area (Å²) in [5.41, 5.74) is 1.10. The predicted octanol–water partition coefficient (Wildman–Crippen LogP) is 4.49. The molecule has 0 unspecified atom stereocenters. The molecule has 10 heteroatoms. The smallest absolute Gasteiger partial charge is 0.261 e. The lowest BCUT2D eigenvalue weighted by atomic mass is 9.78. The number of nitrogens with one attached hydrogen (secondary N) is 2. The minimum absolute atomic E-state index is 0.0343. The maximum atomic E-state index is 13.0. The summed E-state index contributed by atoms with van der Waals surface area (Å²) >= 11 is 1.17. The molecule has 4 rings (SSSR count). The van der Waals surface area contributed by atoms with Crippen molar-refractivity contribution < 1.29 is 22.4 Å². The first-order chi connectivity index (χ1) is 15.0. The number of carbonyl (C=O) groups is 2. The van der Waals surface area contributed by atoms with Crippen LogP contribution in [0.25, 0.3) is 0 Å². The van der Waals surface area contributed by atoms with Gasteiger partial charge in [-0.1, -0.05) is 25.2 Å². The third-order valence-electron chi connectivity index (χ3n) is 4.98. The number of nitrogens with zero attached hydrogens (tertiary/aromatic N) is 1. The molecule has 166 valence electrons. The first-order valence-corrected chi connectivity index (χ1v) is 12.1. The van der Waals surface area contributed by atoms with Crippen molar-refractivity contribution in [3.05, 3.63) is 70.5 Å². The molecule has 3 aromatic rings. The number of hydrogen-bond acceptors (Lipinski definition) is 6. The second-order valence-corrected chi connectivity index (χ2v) is 11.0. The first kappa shape index (κ1) is 22.1. The van der Waals surface area contributed by atoms with Crippen molar-refractivity contribution >= 4 is 43.9 Å². The average molecular weight is 474 g/mol. The second kappa shape index (κ2) is 8.10. The number of hydrogen-bond donors (Lipinski definition) is 2. The number of amides is 1. The van der Waals surface area contributed by atoms with E-state index >= 15 is 0 Å². The number of sulfonamides is 1. The molecule has 1 amide bonds. The van der Waals surface area contributed by atoms with Crippen LogP contribution in [-0.2, 0) is 16.4 Å². The molecule has 32 heavy (non-hydrogen) atoms. The van der Waals surface area contributed by atoms with E-state index in [1.54, 1.807) is 0 Å². The van der Waals surface area contributed by atoms with Crippen LogP contribution in [-0.4, -0.2) is 25.1 Å². The molecule has 1 aliphatic carbocycles. The van der Waals surface area contributed by atoms with Gasteiger partial charge in [-0.25, -0.2) is 17.8 Å². The number of benzene rings is 2. The van der Waals surface area contributed by atoms with Crippen LogP contribution < -0.4 is 10.0 Å². The number of thiazole rings is 1. The number of fused-ring (bicyclic) bond motifs is 1. The summed E-state index contributed by atoms with van der Waals surface area (Å²) in [5, 5.41) is 3.06. The normalized spacial score (nSPS) is 15.2. The Bertz CT molecular complexity index is 1300. The van der Waals surface area contributed by atoms with Gasteiger partial charge in [-0.3, -0.25) is 19.6 Å². The number of aromatic nitrogens is 1. The lowest BCUT2D eigenvalue weighted by Crippen LogP contribution is -2.26. The summed E-state index contributed by atoms with van der Waals surface area (Å²) in [5.74, 6) is -0.920. The molecule has 0 saturated carbocycles. The summed E-state index contributed by atoms with van der Waals surface area (Å²) in [7, 11) is -3.89. The van der Waals surface area contributed by atoms with Crippen molar-refractivity contribution in [2.45, 2.75) is 31.6 Å². The Kier molecular flexibility index (Phi) is 5.59. The van der Waals surface area contributed by atoms with E-state index in [-0.39, 0.29) is 21.8 Å². The van der Waals surface area contributed by atoms with E-state index in [0.29, 0.717) is 34.1 Å². The molecule has 0 aliphatic heterocycles. The van der Waals surface area contributed by atoms with Crippen molar-refractivity contribution in [1.82, 2.24) is 4.98 Å². The molecule has 2 aromatic carbocycles. The van der Waals surface area contributed by atoms with E-state index in [4.69, 9.17) is 0 Å². The van der Waals surface area contributed by atoms with Crippen LogP contribution in [0.1, 0.15) is 46.0 Å². The number of carbonyl (C=O) groups excluding carboxylic acids is 2. The molecule has 1 heterocycles. The summed E-state index contributed by atoms with van der Waals surface area (Å²) in [4.78, 5) is 29.8. The van der Waals surface area contributed by atoms with Crippen LogP contribution in [0.4, 0.5) is 15.2 Å². The third kappa shape index (κ3) is 4.71.